The lowest BCUT2D eigenvalue weighted by atomic mass is 9.93. The molecule has 222 valence electrons. The number of fused-ring (bicyclic) bond motifs is 1. The molecule has 4 aromatic rings. The fourth-order valence-electron chi connectivity index (χ4n) is 4.95. The van der Waals surface area contributed by atoms with Gasteiger partial charge >= 0.3 is 5.97 Å². The SMILES string of the molecule is CCCC1=C(C(=O)OCC)[C@@H](c2cc(Br)ccc2OC)n2c(s/c(=C/c3ccccc3OCc3ccc(Cl)cc3)c2=O)=N1. The first-order valence-corrected chi connectivity index (χ1v) is 15.8. The number of carbonyl (C=O) groups is 1. The van der Waals surface area contributed by atoms with Gasteiger partial charge in [-0.05, 0) is 61.4 Å². The first kappa shape index (κ1) is 30.8. The number of rotatable bonds is 10. The van der Waals surface area contributed by atoms with E-state index in [0.717, 1.165) is 22.0 Å². The Kier molecular flexibility index (Phi) is 9.85. The number of halogens is 2. The van der Waals surface area contributed by atoms with Crippen molar-refractivity contribution in [2.75, 3.05) is 13.7 Å². The monoisotopic (exact) mass is 680 g/mol. The van der Waals surface area contributed by atoms with Gasteiger partial charge in [0.15, 0.2) is 4.80 Å². The number of esters is 1. The minimum atomic E-state index is -0.789. The van der Waals surface area contributed by atoms with Crippen LogP contribution in [0.4, 0.5) is 0 Å². The summed E-state index contributed by atoms with van der Waals surface area (Å²) >= 11 is 10.9. The molecule has 10 heteroatoms. The molecule has 0 saturated heterocycles. The van der Waals surface area contributed by atoms with Crippen molar-refractivity contribution < 1.29 is 19.0 Å². The molecule has 0 N–H and O–H groups in total. The minimum Gasteiger partial charge on any atom is -0.496 e. The second kappa shape index (κ2) is 13.8. The Balaban J connectivity index is 1.67. The number of ether oxygens (including phenoxy) is 3. The van der Waals surface area contributed by atoms with Crippen LogP contribution in [0.3, 0.4) is 0 Å². The molecule has 1 atom stereocenters. The van der Waals surface area contributed by atoms with Crippen LogP contribution in [0, 0.1) is 0 Å². The van der Waals surface area contributed by atoms with Crippen molar-refractivity contribution in [2.45, 2.75) is 39.3 Å². The number of carbonyl (C=O) groups excluding carboxylic acids is 1. The molecule has 0 spiro atoms. The van der Waals surface area contributed by atoms with Crippen molar-refractivity contribution in [3.8, 4) is 11.5 Å². The van der Waals surface area contributed by atoms with E-state index in [0.29, 0.717) is 55.7 Å². The fourth-order valence-corrected chi connectivity index (χ4v) is 6.46. The smallest absolute Gasteiger partial charge is 0.338 e. The second-order valence-electron chi connectivity index (χ2n) is 9.75. The van der Waals surface area contributed by atoms with E-state index in [4.69, 9.17) is 30.8 Å². The summed E-state index contributed by atoms with van der Waals surface area (Å²) in [5.74, 6) is 0.674. The lowest BCUT2D eigenvalue weighted by Crippen LogP contribution is -2.40. The summed E-state index contributed by atoms with van der Waals surface area (Å²) in [6.45, 7) is 4.32. The maximum absolute atomic E-state index is 14.2. The molecule has 7 nitrogen and oxygen atoms in total. The zero-order valence-electron chi connectivity index (χ0n) is 23.9. The quantitative estimate of drug-likeness (QED) is 0.177. The van der Waals surface area contributed by atoms with Crippen LogP contribution < -0.4 is 24.4 Å². The molecule has 5 rings (SSSR count). The van der Waals surface area contributed by atoms with Crippen molar-refractivity contribution in [3.05, 3.63) is 124 Å². The van der Waals surface area contributed by atoms with E-state index in [1.807, 2.05) is 79.7 Å². The first-order valence-electron chi connectivity index (χ1n) is 13.9. The molecule has 0 aliphatic carbocycles. The standard InChI is InChI=1S/C33H30BrClN2O5S/c1-4-8-25-29(32(39)41-5-2)30(24-18-22(34)13-16-27(24)40-3)37-31(38)28(43-33(37)36-25)17-21-9-6-7-10-26(21)42-19-20-11-14-23(35)15-12-20/h6-7,9-18,30H,4-5,8,19H2,1-3H3/b28-17+/t30-/m1/s1. The Bertz CT molecular complexity index is 1860. The largest absolute Gasteiger partial charge is 0.496 e. The third-order valence-corrected chi connectivity index (χ3v) is 8.62. The zero-order valence-corrected chi connectivity index (χ0v) is 27.1. The first-order chi connectivity index (χ1) is 20.8. The highest BCUT2D eigenvalue weighted by Crippen LogP contribution is 2.38. The number of thiazole rings is 1. The van der Waals surface area contributed by atoms with Crippen molar-refractivity contribution in [1.29, 1.82) is 0 Å². The summed E-state index contributed by atoms with van der Waals surface area (Å²) < 4.78 is 20.2. The van der Waals surface area contributed by atoms with Crippen LogP contribution in [-0.4, -0.2) is 24.3 Å². The second-order valence-corrected chi connectivity index (χ2v) is 12.1. The van der Waals surface area contributed by atoms with E-state index < -0.39 is 12.0 Å². The van der Waals surface area contributed by atoms with E-state index >= 15 is 0 Å². The van der Waals surface area contributed by atoms with E-state index in [1.165, 1.54) is 11.3 Å². The Morgan fingerprint density at radius 2 is 1.86 bits per heavy atom. The van der Waals surface area contributed by atoms with Gasteiger partial charge in [-0.15, -0.1) is 0 Å². The Labute approximate surface area is 266 Å². The maximum Gasteiger partial charge on any atom is 0.338 e. The molecule has 3 aromatic carbocycles. The lowest BCUT2D eigenvalue weighted by molar-refractivity contribution is -0.139. The number of allylic oxidation sites excluding steroid dienone is 1. The topological polar surface area (TPSA) is 79.1 Å². The highest BCUT2D eigenvalue weighted by molar-refractivity contribution is 9.10. The Morgan fingerprint density at radius 1 is 1.09 bits per heavy atom. The number of para-hydroxylation sites is 1. The van der Waals surface area contributed by atoms with Crippen LogP contribution in [0.5, 0.6) is 11.5 Å². The number of benzene rings is 3. The van der Waals surface area contributed by atoms with Gasteiger partial charge in [0, 0.05) is 20.6 Å². The van der Waals surface area contributed by atoms with Crippen LogP contribution in [-0.2, 0) is 16.1 Å². The molecular formula is C33H30BrClN2O5S. The molecule has 0 unspecified atom stereocenters. The molecule has 0 bridgehead atoms. The summed E-state index contributed by atoms with van der Waals surface area (Å²) in [5.41, 5.74) is 3.04. The maximum atomic E-state index is 14.2. The van der Waals surface area contributed by atoms with Crippen molar-refractivity contribution in [3.63, 3.8) is 0 Å². The molecule has 0 radical (unpaired) electrons. The molecule has 2 heterocycles. The normalized spacial score (nSPS) is 14.7. The predicted molar refractivity (Wildman–Crippen MR) is 173 cm³/mol. The van der Waals surface area contributed by atoms with Crippen LogP contribution in [0.15, 0.2) is 92.3 Å². The van der Waals surface area contributed by atoms with Crippen molar-refractivity contribution >= 4 is 50.9 Å². The van der Waals surface area contributed by atoms with Gasteiger partial charge in [0.2, 0.25) is 0 Å². The fraction of sp³-hybridized carbons (Fsp3) is 0.242. The Hall–Kier alpha value is -3.66. The highest BCUT2D eigenvalue weighted by Gasteiger charge is 2.36. The van der Waals surface area contributed by atoms with Crippen LogP contribution in [0.1, 0.15) is 49.4 Å². The number of aromatic nitrogens is 1. The van der Waals surface area contributed by atoms with Gasteiger partial charge in [0.05, 0.1) is 29.5 Å². The van der Waals surface area contributed by atoms with Gasteiger partial charge in [0.25, 0.3) is 5.56 Å². The van der Waals surface area contributed by atoms with Crippen molar-refractivity contribution in [1.82, 2.24) is 4.57 Å². The predicted octanol–water partition coefficient (Wildman–Crippen LogP) is 6.58. The van der Waals surface area contributed by atoms with Gasteiger partial charge in [0.1, 0.15) is 24.1 Å². The summed E-state index contributed by atoms with van der Waals surface area (Å²) in [5, 5.41) is 0.659. The highest BCUT2D eigenvalue weighted by atomic mass is 79.9. The van der Waals surface area contributed by atoms with E-state index in [9.17, 15) is 9.59 Å². The molecule has 1 aliphatic rings. The van der Waals surface area contributed by atoms with Gasteiger partial charge in [-0.3, -0.25) is 9.36 Å². The zero-order chi connectivity index (χ0) is 30.5. The molecule has 0 fully saturated rings. The molecule has 1 aromatic heterocycles. The summed E-state index contributed by atoms with van der Waals surface area (Å²) in [7, 11) is 1.57. The van der Waals surface area contributed by atoms with Crippen LogP contribution in [0.25, 0.3) is 6.08 Å². The van der Waals surface area contributed by atoms with Gasteiger partial charge < -0.3 is 14.2 Å². The van der Waals surface area contributed by atoms with Crippen LogP contribution in [0.2, 0.25) is 5.02 Å². The van der Waals surface area contributed by atoms with Gasteiger partial charge in [-0.2, -0.15) is 0 Å². The third-order valence-electron chi connectivity index (χ3n) is 6.89. The van der Waals surface area contributed by atoms with E-state index in [1.54, 1.807) is 18.6 Å². The van der Waals surface area contributed by atoms with Gasteiger partial charge in [-0.1, -0.05) is 82.5 Å². The summed E-state index contributed by atoms with van der Waals surface area (Å²) in [4.78, 5) is 33.0. The number of nitrogens with zero attached hydrogens (tertiary/aromatic N) is 2. The van der Waals surface area contributed by atoms with Crippen molar-refractivity contribution in [2.24, 2.45) is 4.99 Å². The third kappa shape index (κ3) is 6.64. The molecule has 0 saturated carbocycles. The van der Waals surface area contributed by atoms with Gasteiger partial charge in [-0.25, -0.2) is 9.79 Å². The molecule has 43 heavy (non-hydrogen) atoms. The average Bonchev–Trinajstić information content (AvgIpc) is 3.31. The molecular weight excluding hydrogens is 652 g/mol. The Morgan fingerprint density at radius 3 is 2.58 bits per heavy atom. The number of methoxy groups -OCH3 is 1. The molecule has 0 amide bonds. The van der Waals surface area contributed by atoms with E-state index in [2.05, 4.69) is 15.9 Å². The number of hydrogen-bond acceptors (Lipinski definition) is 7. The molecule has 1 aliphatic heterocycles. The lowest BCUT2D eigenvalue weighted by Gasteiger charge is -2.27. The van der Waals surface area contributed by atoms with Crippen LogP contribution >= 0.6 is 38.9 Å². The summed E-state index contributed by atoms with van der Waals surface area (Å²) in [6, 6.07) is 19.8. The average molecular weight is 682 g/mol. The van der Waals surface area contributed by atoms with E-state index in [-0.39, 0.29) is 12.2 Å². The minimum absolute atomic E-state index is 0.196. The summed E-state index contributed by atoms with van der Waals surface area (Å²) in [6.07, 6.45) is 3.12. The number of hydrogen-bond donors (Lipinski definition) is 0.